The van der Waals surface area contributed by atoms with Crippen LogP contribution in [0.3, 0.4) is 0 Å². The molecule has 1 aliphatic carbocycles. The van der Waals surface area contributed by atoms with Gasteiger partial charge in [0.1, 0.15) is 0 Å². The second-order valence-corrected chi connectivity index (χ2v) is 7.04. The van der Waals surface area contributed by atoms with E-state index in [1.165, 1.54) is 0 Å². The molecule has 18 heavy (non-hydrogen) atoms. The van der Waals surface area contributed by atoms with Crippen molar-refractivity contribution in [2.24, 2.45) is 10.8 Å². The summed E-state index contributed by atoms with van der Waals surface area (Å²) in [6, 6.07) is 0. The van der Waals surface area contributed by atoms with Gasteiger partial charge in [0.15, 0.2) is 6.10 Å². The summed E-state index contributed by atoms with van der Waals surface area (Å²) in [5, 5.41) is 0.209. The third-order valence-electron chi connectivity index (χ3n) is 3.10. The fourth-order valence-corrected chi connectivity index (χ4v) is 2.20. The predicted molar refractivity (Wildman–Crippen MR) is 71.3 cm³/mol. The summed E-state index contributed by atoms with van der Waals surface area (Å²) in [5.41, 5.74) is -0.186. The van der Waals surface area contributed by atoms with Crippen molar-refractivity contribution >= 4 is 23.4 Å². The van der Waals surface area contributed by atoms with Gasteiger partial charge in [0.2, 0.25) is 5.78 Å². The van der Waals surface area contributed by atoms with Crippen LogP contribution >= 0.6 is 11.6 Å². The zero-order valence-corrected chi connectivity index (χ0v) is 12.6. The van der Waals surface area contributed by atoms with Crippen molar-refractivity contribution in [3.8, 4) is 0 Å². The zero-order chi connectivity index (χ0) is 14.3. The number of hydrogen-bond acceptors (Lipinski definition) is 3. The van der Waals surface area contributed by atoms with Gasteiger partial charge in [-0.2, -0.15) is 0 Å². The summed E-state index contributed by atoms with van der Waals surface area (Å²) in [7, 11) is 0. The number of hydrogen-bond donors (Lipinski definition) is 0. The summed E-state index contributed by atoms with van der Waals surface area (Å²) in [6.45, 7) is 11.0. The van der Waals surface area contributed by atoms with E-state index in [1.807, 2.05) is 20.8 Å². The first-order valence-electron chi connectivity index (χ1n) is 6.07. The number of rotatable bonds is 1. The number of Topliss-reactive ketones (excluding diaryl/α,β-unsaturated/α-hetero) is 1. The molecule has 102 valence electrons. The number of ketones is 1. The van der Waals surface area contributed by atoms with E-state index in [9.17, 15) is 9.59 Å². The molecule has 0 aromatic heterocycles. The Hall–Kier alpha value is -0.830. The molecule has 0 aromatic rings. The smallest absolute Gasteiger partial charge is 0.311 e. The van der Waals surface area contributed by atoms with Crippen LogP contribution in [0, 0.1) is 10.8 Å². The van der Waals surface area contributed by atoms with Gasteiger partial charge in [0.25, 0.3) is 0 Å². The highest BCUT2D eigenvalue weighted by Gasteiger charge is 2.45. The molecule has 1 aliphatic rings. The molecule has 1 atom stereocenters. The van der Waals surface area contributed by atoms with Crippen LogP contribution in [-0.4, -0.2) is 17.9 Å². The van der Waals surface area contributed by atoms with Gasteiger partial charge in [-0.25, -0.2) is 0 Å². The van der Waals surface area contributed by atoms with E-state index in [4.69, 9.17) is 16.3 Å². The van der Waals surface area contributed by atoms with E-state index in [1.54, 1.807) is 20.8 Å². The standard InChI is InChI=1S/C14H21ClO3/c1-8-7-14(5,6)11(10(16)9(8)15)18-12(17)13(2,3)4/h11H,7H2,1-6H3. The summed E-state index contributed by atoms with van der Waals surface area (Å²) in [5.74, 6) is -0.666. The minimum absolute atomic E-state index is 0.209. The maximum absolute atomic E-state index is 12.1. The average molecular weight is 273 g/mol. The van der Waals surface area contributed by atoms with Crippen LogP contribution in [0.1, 0.15) is 48.0 Å². The molecule has 0 heterocycles. The van der Waals surface area contributed by atoms with E-state index >= 15 is 0 Å². The fourth-order valence-electron chi connectivity index (χ4n) is 2.03. The fraction of sp³-hybridized carbons (Fsp3) is 0.714. The first-order valence-corrected chi connectivity index (χ1v) is 6.45. The molecule has 0 saturated heterocycles. The second kappa shape index (κ2) is 4.69. The number of halogens is 1. The Morgan fingerprint density at radius 3 is 2.33 bits per heavy atom. The number of ether oxygens (including phenoxy) is 1. The molecule has 0 aromatic carbocycles. The Kier molecular flexibility index (Phi) is 3.97. The molecule has 1 rings (SSSR count). The molecule has 0 spiro atoms. The molecule has 0 N–H and O–H groups in total. The van der Waals surface area contributed by atoms with Crippen molar-refractivity contribution < 1.29 is 14.3 Å². The van der Waals surface area contributed by atoms with Gasteiger partial charge < -0.3 is 4.74 Å². The Morgan fingerprint density at radius 1 is 1.39 bits per heavy atom. The number of allylic oxidation sites excluding steroid dienone is 1. The Labute approximate surface area is 114 Å². The van der Waals surface area contributed by atoms with Gasteiger partial charge in [-0.15, -0.1) is 0 Å². The van der Waals surface area contributed by atoms with Crippen LogP contribution < -0.4 is 0 Å². The van der Waals surface area contributed by atoms with Gasteiger partial charge in [-0.3, -0.25) is 9.59 Å². The highest BCUT2D eigenvalue weighted by Crippen LogP contribution is 2.40. The number of esters is 1. The van der Waals surface area contributed by atoms with Crippen molar-refractivity contribution in [3.05, 3.63) is 10.6 Å². The molecule has 0 radical (unpaired) electrons. The molecular formula is C14H21ClO3. The largest absolute Gasteiger partial charge is 0.453 e. The Balaban J connectivity index is 3.02. The van der Waals surface area contributed by atoms with Gasteiger partial charge in [0.05, 0.1) is 10.4 Å². The predicted octanol–water partition coefficient (Wildman–Crippen LogP) is 3.46. The molecule has 4 heteroatoms. The minimum atomic E-state index is -0.791. The van der Waals surface area contributed by atoms with E-state index in [-0.39, 0.29) is 16.8 Å². The number of carbonyl (C=O) groups is 2. The SMILES string of the molecule is CC1=C(Cl)C(=O)C(OC(=O)C(C)(C)C)C(C)(C)C1. The lowest BCUT2D eigenvalue weighted by molar-refractivity contribution is -0.169. The quantitative estimate of drug-likeness (QED) is 0.687. The van der Waals surface area contributed by atoms with Gasteiger partial charge in [-0.05, 0) is 34.1 Å². The lowest BCUT2D eigenvalue weighted by Gasteiger charge is -2.37. The van der Waals surface area contributed by atoms with E-state index < -0.39 is 16.9 Å². The topological polar surface area (TPSA) is 43.4 Å². The van der Waals surface area contributed by atoms with Crippen molar-refractivity contribution in [1.82, 2.24) is 0 Å². The van der Waals surface area contributed by atoms with E-state index in [0.29, 0.717) is 6.42 Å². The summed E-state index contributed by atoms with van der Waals surface area (Å²) in [6.07, 6.45) is -0.139. The summed E-state index contributed by atoms with van der Waals surface area (Å²) >= 11 is 5.98. The molecule has 3 nitrogen and oxygen atoms in total. The molecule has 0 fully saturated rings. The summed E-state index contributed by atoms with van der Waals surface area (Å²) in [4.78, 5) is 24.1. The monoisotopic (exact) mass is 272 g/mol. The Morgan fingerprint density at radius 2 is 1.89 bits per heavy atom. The highest BCUT2D eigenvalue weighted by molar-refractivity contribution is 6.43. The lowest BCUT2D eigenvalue weighted by atomic mass is 9.74. The third kappa shape index (κ3) is 2.94. The minimum Gasteiger partial charge on any atom is -0.453 e. The molecule has 0 bridgehead atoms. The highest BCUT2D eigenvalue weighted by atomic mass is 35.5. The van der Waals surface area contributed by atoms with Crippen LogP contribution in [0.5, 0.6) is 0 Å². The van der Waals surface area contributed by atoms with Crippen LogP contribution in [0.15, 0.2) is 10.6 Å². The van der Waals surface area contributed by atoms with Crippen molar-refractivity contribution in [3.63, 3.8) is 0 Å². The van der Waals surface area contributed by atoms with Crippen LogP contribution in [0.25, 0.3) is 0 Å². The summed E-state index contributed by atoms with van der Waals surface area (Å²) < 4.78 is 5.39. The Bertz CT molecular complexity index is 413. The van der Waals surface area contributed by atoms with Crippen LogP contribution in [0.4, 0.5) is 0 Å². The number of carbonyl (C=O) groups excluding carboxylic acids is 2. The van der Waals surface area contributed by atoms with Crippen molar-refractivity contribution in [2.75, 3.05) is 0 Å². The first kappa shape index (κ1) is 15.2. The van der Waals surface area contributed by atoms with Crippen molar-refractivity contribution in [1.29, 1.82) is 0 Å². The molecule has 1 unspecified atom stereocenters. The van der Waals surface area contributed by atoms with Crippen LogP contribution in [-0.2, 0) is 14.3 Å². The van der Waals surface area contributed by atoms with Gasteiger partial charge >= 0.3 is 5.97 Å². The maximum atomic E-state index is 12.1. The molecule has 0 saturated carbocycles. The lowest BCUT2D eigenvalue weighted by Crippen LogP contribution is -2.45. The van der Waals surface area contributed by atoms with Gasteiger partial charge in [-0.1, -0.05) is 31.0 Å². The van der Waals surface area contributed by atoms with Gasteiger partial charge in [0, 0.05) is 5.41 Å². The van der Waals surface area contributed by atoms with Crippen molar-refractivity contribution in [2.45, 2.75) is 54.1 Å². The molecule has 0 aliphatic heterocycles. The second-order valence-electron chi connectivity index (χ2n) is 6.66. The zero-order valence-electron chi connectivity index (χ0n) is 11.9. The normalized spacial score (nSPS) is 24.2. The molecule has 0 amide bonds. The average Bonchev–Trinajstić information content (AvgIpc) is 2.19. The van der Waals surface area contributed by atoms with E-state index in [0.717, 1.165) is 5.57 Å². The maximum Gasteiger partial charge on any atom is 0.311 e. The molecular weight excluding hydrogens is 252 g/mol. The van der Waals surface area contributed by atoms with Crippen LogP contribution in [0.2, 0.25) is 0 Å². The third-order valence-corrected chi connectivity index (χ3v) is 3.61. The first-order chi connectivity index (χ1) is 7.97. The van der Waals surface area contributed by atoms with E-state index in [2.05, 4.69) is 0 Å².